The van der Waals surface area contributed by atoms with Crippen molar-refractivity contribution in [3.8, 4) is 0 Å². The highest BCUT2D eigenvalue weighted by atomic mass is 16.2. The van der Waals surface area contributed by atoms with E-state index >= 15 is 0 Å². The number of rotatable bonds is 6. The SMILES string of the molecule is CN=C(NCCCN1CCC(C)CC1)NCC(=O)N1CCc2ccccc2C1. The van der Waals surface area contributed by atoms with Crippen molar-refractivity contribution >= 4 is 11.9 Å². The molecule has 0 aromatic heterocycles. The maximum atomic E-state index is 12.6. The molecule has 1 aromatic rings. The summed E-state index contributed by atoms with van der Waals surface area (Å²) in [5.41, 5.74) is 2.62. The highest BCUT2D eigenvalue weighted by Gasteiger charge is 2.20. The van der Waals surface area contributed by atoms with Gasteiger partial charge in [-0.15, -0.1) is 0 Å². The van der Waals surface area contributed by atoms with Crippen molar-refractivity contribution in [2.45, 2.75) is 39.2 Å². The van der Waals surface area contributed by atoms with E-state index < -0.39 is 0 Å². The third kappa shape index (κ3) is 5.96. The molecule has 6 nitrogen and oxygen atoms in total. The molecule has 6 heteroatoms. The number of likely N-dealkylation sites (tertiary alicyclic amines) is 1. The molecule has 1 aromatic carbocycles. The van der Waals surface area contributed by atoms with Crippen LogP contribution in [0.5, 0.6) is 0 Å². The molecule has 2 aliphatic rings. The van der Waals surface area contributed by atoms with Crippen molar-refractivity contribution in [2.75, 3.05) is 46.3 Å². The van der Waals surface area contributed by atoms with Gasteiger partial charge in [-0.25, -0.2) is 0 Å². The van der Waals surface area contributed by atoms with E-state index in [-0.39, 0.29) is 12.5 Å². The van der Waals surface area contributed by atoms with E-state index in [2.05, 4.69) is 45.6 Å². The zero-order valence-corrected chi connectivity index (χ0v) is 17.4. The van der Waals surface area contributed by atoms with Crippen LogP contribution in [0.3, 0.4) is 0 Å². The van der Waals surface area contributed by atoms with Gasteiger partial charge in [0.25, 0.3) is 0 Å². The average molecular weight is 386 g/mol. The Morgan fingerprint density at radius 2 is 1.89 bits per heavy atom. The quantitative estimate of drug-likeness (QED) is 0.446. The predicted octanol–water partition coefficient (Wildman–Crippen LogP) is 1.86. The van der Waals surface area contributed by atoms with Gasteiger partial charge in [0.15, 0.2) is 5.96 Å². The molecule has 0 spiro atoms. The van der Waals surface area contributed by atoms with E-state index in [0.717, 1.165) is 38.4 Å². The summed E-state index contributed by atoms with van der Waals surface area (Å²) in [6, 6.07) is 8.39. The van der Waals surface area contributed by atoms with Crippen molar-refractivity contribution in [3.05, 3.63) is 35.4 Å². The molecule has 2 N–H and O–H groups in total. The molecule has 1 fully saturated rings. The lowest BCUT2D eigenvalue weighted by Crippen LogP contribution is -2.46. The second-order valence-electron chi connectivity index (χ2n) is 8.06. The predicted molar refractivity (Wildman–Crippen MR) is 114 cm³/mol. The molecule has 2 heterocycles. The number of aliphatic imine (C=N–C) groups is 1. The Labute approximate surface area is 169 Å². The fraction of sp³-hybridized carbons (Fsp3) is 0.636. The second-order valence-corrected chi connectivity index (χ2v) is 8.06. The second kappa shape index (κ2) is 10.5. The third-order valence-electron chi connectivity index (χ3n) is 5.93. The molecule has 0 unspecified atom stereocenters. The van der Waals surface area contributed by atoms with Crippen molar-refractivity contribution in [1.82, 2.24) is 20.4 Å². The van der Waals surface area contributed by atoms with Crippen LogP contribution >= 0.6 is 0 Å². The molecule has 28 heavy (non-hydrogen) atoms. The van der Waals surface area contributed by atoms with Crippen LogP contribution in [0, 0.1) is 5.92 Å². The first-order valence-corrected chi connectivity index (χ1v) is 10.7. The van der Waals surface area contributed by atoms with Crippen molar-refractivity contribution in [3.63, 3.8) is 0 Å². The van der Waals surface area contributed by atoms with Gasteiger partial charge in [0.1, 0.15) is 0 Å². The van der Waals surface area contributed by atoms with Crippen LogP contribution in [0.1, 0.15) is 37.3 Å². The highest BCUT2D eigenvalue weighted by Crippen LogP contribution is 2.18. The summed E-state index contributed by atoms with van der Waals surface area (Å²) in [4.78, 5) is 21.3. The molecular formula is C22H35N5O. The Kier molecular flexibility index (Phi) is 7.71. The Bertz CT molecular complexity index is 667. The minimum atomic E-state index is 0.125. The lowest BCUT2D eigenvalue weighted by molar-refractivity contribution is -0.130. The average Bonchev–Trinajstić information content (AvgIpc) is 2.74. The lowest BCUT2D eigenvalue weighted by atomic mass is 9.99. The van der Waals surface area contributed by atoms with E-state index in [1.807, 2.05) is 11.0 Å². The molecule has 0 radical (unpaired) electrons. The third-order valence-corrected chi connectivity index (χ3v) is 5.93. The number of nitrogens with one attached hydrogen (secondary N) is 2. The topological polar surface area (TPSA) is 60.0 Å². The number of hydrogen-bond acceptors (Lipinski definition) is 3. The minimum Gasteiger partial charge on any atom is -0.356 e. The lowest BCUT2D eigenvalue weighted by Gasteiger charge is -2.30. The zero-order valence-electron chi connectivity index (χ0n) is 17.4. The van der Waals surface area contributed by atoms with Crippen molar-refractivity contribution in [1.29, 1.82) is 0 Å². The Morgan fingerprint density at radius 3 is 2.64 bits per heavy atom. The smallest absolute Gasteiger partial charge is 0.242 e. The van der Waals surface area contributed by atoms with Crippen molar-refractivity contribution < 1.29 is 4.79 Å². The number of fused-ring (bicyclic) bond motifs is 1. The molecule has 0 atom stereocenters. The number of guanidine groups is 1. The standard InChI is InChI=1S/C22H35N5O/c1-18-8-13-26(14-9-18)12-5-11-24-22(23-2)25-16-21(28)27-15-10-19-6-3-4-7-20(19)17-27/h3-4,6-7,18H,5,8-17H2,1-2H3,(H2,23,24,25). The van der Waals surface area contributed by atoms with Gasteiger partial charge in [0.05, 0.1) is 6.54 Å². The van der Waals surface area contributed by atoms with Gasteiger partial charge in [-0.05, 0) is 62.4 Å². The first kappa shape index (κ1) is 20.6. The number of carbonyl (C=O) groups excluding carboxylic acids is 1. The molecule has 0 bridgehead atoms. The number of amides is 1. The van der Waals surface area contributed by atoms with E-state index in [9.17, 15) is 4.79 Å². The Morgan fingerprint density at radius 1 is 1.14 bits per heavy atom. The summed E-state index contributed by atoms with van der Waals surface area (Å²) in [6.07, 6.45) is 4.66. The first-order chi connectivity index (χ1) is 13.7. The van der Waals surface area contributed by atoms with E-state index in [0.29, 0.717) is 12.5 Å². The highest BCUT2D eigenvalue weighted by molar-refractivity contribution is 5.86. The van der Waals surface area contributed by atoms with E-state index in [1.54, 1.807) is 7.05 Å². The summed E-state index contributed by atoms with van der Waals surface area (Å²) >= 11 is 0. The number of nitrogens with zero attached hydrogens (tertiary/aromatic N) is 3. The Balaban J connectivity index is 1.33. The molecule has 154 valence electrons. The van der Waals surface area contributed by atoms with Crippen LogP contribution in [0.25, 0.3) is 0 Å². The van der Waals surface area contributed by atoms with Crippen molar-refractivity contribution in [2.24, 2.45) is 10.9 Å². The number of benzene rings is 1. The molecule has 1 saturated heterocycles. The monoisotopic (exact) mass is 385 g/mol. The molecule has 2 aliphatic heterocycles. The fourth-order valence-electron chi connectivity index (χ4n) is 4.00. The van der Waals surface area contributed by atoms with E-state index in [4.69, 9.17) is 0 Å². The van der Waals surface area contributed by atoms with Gasteiger partial charge in [-0.1, -0.05) is 31.2 Å². The fourth-order valence-corrected chi connectivity index (χ4v) is 4.00. The Hall–Kier alpha value is -2.08. The summed E-state index contributed by atoms with van der Waals surface area (Å²) in [5.74, 6) is 1.71. The van der Waals surface area contributed by atoms with Crippen LogP contribution < -0.4 is 10.6 Å². The molecule has 0 aliphatic carbocycles. The number of piperidine rings is 1. The number of carbonyl (C=O) groups is 1. The van der Waals surface area contributed by atoms with Gasteiger partial charge in [-0.2, -0.15) is 0 Å². The molecular weight excluding hydrogens is 350 g/mol. The molecule has 3 rings (SSSR count). The van der Waals surface area contributed by atoms with Crippen LogP contribution in [-0.2, 0) is 17.8 Å². The van der Waals surface area contributed by atoms with Gasteiger partial charge in [0.2, 0.25) is 5.91 Å². The van der Waals surface area contributed by atoms with Crippen LogP contribution in [0.2, 0.25) is 0 Å². The summed E-state index contributed by atoms with van der Waals surface area (Å²) in [5, 5.41) is 6.50. The summed E-state index contributed by atoms with van der Waals surface area (Å²) in [7, 11) is 1.75. The van der Waals surface area contributed by atoms with Gasteiger partial charge in [-0.3, -0.25) is 9.79 Å². The molecule has 1 amide bonds. The normalized spacial score (nSPS) is 18.6. The summed E-state index contributed by atoms with van der Waals surface area (Å²) < 4.78 is 0. The van der Waals surface area contributed by atoms with Crippen LogP contribution in [0.4, 0.5) is 0 Å². The first-order valence-electron chi connectivity index (χ1n) is 10.7. The van der Waals surface area contributed by atoms with Gasteiger partial charge < -0.3 is 20.4 Å². The summed E-state index contributed by atoms with van der Waals surface area (Å²) in [6.45, 7) is 8.57. The van der Waals surface area contributed by atoms with Crippen LogP contribution in [0.15, 0.2) is 29.3 Å². The van der Waals surface area contributed by atoms with Crippen LogP contribution in [-0.4, -0.2) is 68.0 Å². The van der Waals surface area contributed by atoms with Gasteiger partial charge in [0, 0.05) is 26.7 Å². The zero-order chi connectivity index (χ0) is 19.8. The van der Waals surface area contributed by atoms with E-state index in [1.165, 1.54) is 37.1 Å². The number of hydrogen-bond donors (Lipinski definition) is 2. The maximum absolute atomic E-state index is 12.6. The largest absolute Gasteiger partial charge is 0.356 e. The van der Waals surface area contributed by atoms with Gasteiger partial charge >= 0.3 is 0 Å². The minimum absolute atomic E-state index is 0.125. The molecule has 0 saturated carbocycles. The maximum Gasteiger partial charge on any atom is 0.242 e.